The Bertz CT molecular complexity index is 722. The van der Waals surface area contributed by atoms with Crippen LogP contribution >= 0.6 is 11.3 Å². The lowest BCUT2D eigenvalue weighted by atomic mass is 10.1. The molecule has 0 saturated heterocycles. The molecule has 0 bridgehead atoms. The van der Waals surface area contributed by atoms with Gasteiger partial charge < -0.3 is 5.32 Å². The molecular weight excluding hydrogens is 318 g/mol. The van der Waals surface area contributed by atoms with Crippen molar-refractivity contribution in [2.75, 3.05) is 24.7 Å². The molecule has 1 aromatic carbocycles. The summed E-state index contributed by atoms with van der Waals surface area (Å²) in [5, 5.41) is 6.04. The van der Waals surface area contributed by atoms with Gasteiger partial charge in [0.25, 0.3) is 0 Å². The topological polar surface area (TPSA) is 71.1 Å². The molecule has 5 nitrogen and oxygen atoms in total. The molecule has 118 valence electrons. The van der Waals surface area contributed by atoms with Crippen LogP contribution < -0.4 is 10.0 Å². The Kier molecular flexibility index (Phi) is 5.70. The van der Waals surface area contributed by atoms with E-state index in [1.807, 2.05) is 29.6 Å². The Morgan fingerprint density at radius 1 is 1.32 bits per heavy atom. The summed E-state index contributed by atoms with van der Waals surface area (Å²) in [4.78, 5) is 4.51. The summed E-state index contributed by atoms with van der Waals surface area (Å²) >= 11 is 1.56. The van der Waals surface area contributed by atoms with Gasteiger partial charge in [-0.2, -0.15) is 0 Å². The van der Waals surface area contributed by atoms with E-state index in [1.54, 1.807) is 17.4 Å². The highest BCUT2D eigenvalue weighted by molar-refractivity contribution is 7.88. The van der Waals surface area contributed by atoms with Crippen LogP contribution in [0.5, 0.6) is 0 Å². The Balaban J connectivity index is 1.96. The van der Waals surface area contributed by atoms with Crippen LogP contribution in [-0.2, 0) is 16.4 Å². The highest BCUT2D eigenvalue weighted by Crippen LogP contribution is 2.25. The zero-order chi connectivity index (χ0) is 16.0. The van der Waals surface area contributed by atoms with Crippen LogP contribution in [0.25, 0.3) is 11.3 Å². The SMILES string of the molecule is C=CCNc1nc(-c2ccc(CCNS(C)(=O)=O)cc2)cs1. The maximum absolute atomic E-state index is 11.0. The van der Waals surface area contributed by atoms with Gasteiger partial charge in [0.1, 0.15) is 0 Å². The largest absolute Gasteiger partial charge is 0.358 e. The maximum atomic E-state index is 11.0. The van der Waals surface area contributed by atoms with Gasteiger partial charge in [-0.05, 0) is 12.0 Å². The average molecular weight is 337 g/mol. The summed E-state index contributed by atoms with van der Waals surface area (Å²) in [5.41, 5.74) is 3.06. The lowest BCUT2D eigenvalue weighted by molar-refractivity contribution is 0.588. The summed E-state index contributed by atoms with van der Waals surface area (Å²) in [6.45, 7) is 4.76. The molecule has 1 heterocycles. The van der Waals surface area contributed by atoms with Crippen LogP contribution in [0.1, 0.15) is 5.56 Å². The first kappa shape index (κ1) is 16.7. The maximum Gasteiger partial charge on any atom is 0.208 e. The van der Waals surface area contributed by atoms with Crippen molar-refractivity contribution in [3.8, 4) is 11.3 Å². The van der Waals surface area contributed by atoms with Gasteiger partial charge in [0.05, 0.1) is 11.9 Å². The van der Waals surface area contributed by atoms with Crippen molar-refractivity contribution >= 4 is 26.5 Å². The van der Waals surface area contributed by atoms with Crippen molar-refractivity contribution in [2.24, 2.45) is 0 Å². The average Bonchev–Trinajstić information content (AvgIpc) is 2.93. The van der Waals surface area contributed by atoms with E-state index in [0.29, 0.717) is 19.5 Å². The summed E-state index contributed by atoms with van der Waals surface area (Å²) in [5.74, 6) is 0. The molecule has 2 aromatic rings. The van der Waals surface area contributed by atoms with Gasteiger partial charge in [0.15, 0.2) is 5.13 Å². The quantitative estimate of drug-likeness (QED) is 0.726. The van der Waals surface area contributed by atoms with E-state index in [1.165, 1.54) is 0 Å². The van der Waals surface area contributed by atoms with E-state index in [4.69, 9.17) is 0 Å². The molecule has 0 atom stereocenters. The molecule has 0 fully saturated rings. The number of hydrogen-bond donors (Lipinski definition) is 2. The fourth-order valence-electron chi connectivity index (χ4n) is 1.87. The molecule has 22 heavy (non-hydrogen) atoms. The van der Waals surface area contributed by atoms with Crippen molar-refractivity contribution in [1.29, 1.82) is 0 Å². The van der Waals surface area contributed by atoms with Gasteiger partial charge in [-0.1, -0.05) is 30.3 Å². The number of anilines is 1. The van der Waals surface area contributed by atoms with Crippen LogP contribution in [0.2, 0.25) is 0 Å². The van der Waals surface area contributed by atoms with E-state index in [9.17, 15) is 8.42 Å². The molecule has 2 rings (SSSR count). The number of thiazole rings is 1. The van der Waals surface area contributed by atoms with E-state index in [2.05, 4.69) is 21.6 Å². The van der Waals surface area contributed by atoms with E-state index in [0.717, 1.165) is 28.2 Å². The van der Waals surface area contributed by atoms with E-state index < -0.39 is 10.0 Å². The third-order valence-corrected chi connectivity index (χ3v) is 4.46. The summed E-state index contributed by atoms with van der Waals surface area (Å²) in [7, 11) is -3.12. The molecule has 2 N–H and O–H groups in total. The van der Waals surface area contributed by atoms with Crippen molar-refractivity contribution in [3.63, 3.8) is 0 Å². The van der Waals surface area contributed by atoms with Crippen molar-refractivity contribution in [3.05, 3.63) is 47.9 Å². The van der Waals surface area contributed by atoms with Crippen molar-refractivity contribution in [1.82, 2.24) is 9.71 Å². The van der Waals surface area contributed by atoms with E-state index >= 15 is 0 Å². The predicted molar refractivity (Wildman–Crippen MR) is 92.8 cm³/mol. The molecule has 0 aliphatic heterocycles. The number of sulfonamides is 1. The van der Waals surface area contributed by atoms with Crippen molar-refractivity contribution in [2.45, 2.75) is 6.42 Å². The van der Waals surface area contributed by atoms with Crippen LogP contribution in [-0.4, -0.2) is 32.7 Å². The third-order valence-electron chi connectivity index (χ3n) is 2.93. The minimum Gasteiger partial charge on any atom is -0.358 e. The molecule has 7 heteroatoms. The van der Waals surface area contributed by atoms with Gasteiger partial charge >= 0.3 is 0 Å². The Hall–Kier alpha value is -1.70. The van der Waals surface area contributed by atoms with Crippen LogP contribution in [0, 0.1) is 0 Å². The molecule has 0 radical (unpaired) electrons. The molecule has 0 aliphatic rings. The normalized spacial score (nSPS) is 11.3. The third kappa shape index (κ3) is 5.25. The van der Waals surface area contributed by atoms with Crippen molar-refractivity contribution < 1.29 is 8.42 Å². The standard InChI is InChI=1S/C15H19N3O2S2/c1-3-9-16-15-18-14(11-21-15)13-6-4-12(5-7-13)8-10-17-22(2,19)20/h3-7,11,17H,1,8-10H2,2H3,(H,16,18). The molecule has 0 spiro atoms. The molecule has 0 saturated carbocycles. The molecule has 0 amide bonds. The van der Waals surface area contributed by atoms with Gasteiger partial charge in [-0.15, -0.1) is 17.9 Å². The number of hydrogen-bond acceptors (Lipinski definition) is 5. The second-order valence-electron chi connectivity index (χ2n) is 4.82. The molecular formula is C15H19N3O2S2. The smallest absolute Gasteiger partial charge is 0.208 e. The van der Waals surface area contributed by atoms with Gasteiger partial charge in [-0.25, -0.2) is 18.1 Å². The molecule has 0 unspecified atom stereocenters. The first-order valence-electron chi connectivity index (χ1n) is 6.82. The van der Waals surface area contributed by atoms with Crippen LogP contribution in [0.15, 0.2) is 42.3 Å². The molecule has 1 aromatic heterocycles. The van der Waals surface area contributed by atoms with Gasteiger partial charge in [0.2, 0.25) is 10.0 Å². The minimum atomic E-state index is -3.12. The number of nitrogens with one attached hydrogen (secondary N) is 2. The lowest BCUT2D eigenvalue weighted by Crippen LogP contribution is -2.24. The van der Waals surface area contributed by atoms with Gasteiger partial charge in [-0.3, -0.25) is 0 Å². The fraction of sp³-hybridized carbons (Fsp3) is 0.267. The van der Waals surface area contributed by atoms with Crippen LogP contribution in [0.4, 0.5) is 5.13 Å². The zero-order valence-electron chi connectivity index (χ0n) is 12.4. The predicted octanol–water partition coefficient (Wildman–Crippen LogP) is 2.50. The number of aromatic nitrogens is 1. The fourth-order valence-corrected chi connectivity index (χ4v) is 3.07. The highest BCUT2D eigenvalue weighted by Gasteiger charge is 2.05. The highest BCUT2D eigenvalue weighted by atomic mass is 32.2. The second-order valence-corrected chi connectivity index (χ2v) is 7.51. The lowest BCUT2D eigenvalue weighted by Gasteiger charge is -2.04. The number of benzene rings is 1. The zero-order valence-corrected chi connectivity index (χ0v) is 14.0. The molecule has 0 aliphatic carbocycles. The summed E-state index contributed by atoms with van der Waals surface area (Å²) in [6, 6.07) is 8.00. The number of rotatable bonds is 8. The van der Waals surface area contributed by atoms with E-state index in [-0.39, 0.29) is 0 Å². The Morgan fingerprint density at radius 3 is 2.68 bits per heavy atom. The first-order chi connectivity index (χ1) is 10.5. The minimum absolute atomic E-state index is 0.407. The number of nitrogens with zero attached hydrogens (tertiary/aromatic N) is 1. The second kappa shape index (κ2) is 7.53. The first-order valence-corrected chi connectivity index (χ1v) is 9.59. The van der Waals surface area contributed by atoms with Gasteiger partial charge in [0, 0.05) is 24.0 Å². The Labute approximate surface area is 135 Å². The summed E-state index contributed by atoms with van der Waals surface area (Å²) < 4.78 is 24.5. The summed E-state index contributed by atoms with van der Waals surface area (Å²) in [6.07, 6.45) is 3.62. The van der Waals surface area contributed by atoms with Crippen LogP contribution in [0.3, 0.4) is 0 Å². The monoisotopic (exact) mass is 337 g/mol. The Morgan fingerprint density at radius 2 is 2.05 bits per heavy atom.